The predicted octanol–water partition coefficient (Wildman–Crippen LogP) is 2.40. The summed E-state index contributed by atoms with van der Waals surface area (Å²) in [7, 11) is 1.68. The number of nitrogens with two attached hydrogens (primary N) is 1. The van der Waals surface area contributed by atoms with Crippen molar-refractivity contribution in [3.8, 4) is 0 Å². The van der Waals surface area contributed by atoms with Gasteiger partial charge in [0.05, 0.1) is 17.6 Å². The third kappa shape index (κ3) is 12.4. The van der Waals surface area contributed by atoms with Crippen molar-refractivity contribution in [1.29, 1.82) is 0 Å². The van der Waals surface area contributed by atoms with E-state index in [1.807, 2.05) is 18.2 Å². The summed E-state index contributed by atoms with van der Waals surface area (Å²) in [6.45, 7) is 5.29. The monoisotopic (exact) mass is 986 g/mol. The van der Waals surface area contributed by atoms with Crippen molar-refractivity contribution in [2.45, 2.75) is 151 Å². The first kappa shape index (κ1) is 51.3. The molecule has 7 rings (SSSR count). The predicted molar refractivity (Wildman–Crippen MR) is 255 cm³/mol. The molecule has 1 aromatic heterocycles. The molecule has 21 heteroatoms. The minimum Gasteiger partial charge on any atom is -0.444 e. The van der Waals surface area contributed by atoms with Crippen molar-refractivity contribution < 1.29 is 47.3 Å². The van der Waals surface area contributed by atoms with E-state index in [1.165, 1.54) is 14.0 Å². The van der Waals surface area contributed by atoms with Gasteiger partial charge in [-0.25, -0.2) is 9.59 Å². The van der Waals surface area contributed by atoms with Crippen molar-refractivity contribution in [1.82, 2.24) is 40.2 Å². The fourth-order valence-electron chi connectivity index (χ4n) is 10.3. The van der Waals surface area contributed by atoms with Gasteiger partial charge in [-0.2, -0.15) is 0 Å². The van der Waals surface area contributed by atoms with Crippen molar-refractivity contribution in [2.24, 2.45) is 24.6 Å². The number of hydrogen-bond acceptors (Lipinski definition) is 11. The number of hydrogen-bond donors (Lipinski definition) is 5. The zero-order valence-electron chi connectivity index (χ0n) is 40.2. The molecule has 3 aromatic rings. The lowest BCUT2D eigenvalue weighted by atomic mass is 9.78. The van der Waals surface area contributed by atoms with Crippen LogP contribution in [0, 0.1) is 11.8 Å². The number of amides is 8. The summed E-state index contributed by atoms with van der Waals surface area (Å²) in [6, 6.07) is 7.85. The number of fused-ring (bicyclic) bond motifs is 2. The van der Waals surface area contributed by atoms with Gasteiger partial charge in [-0.05, 0) is 120 Å². The lowest BCUT2D eigenvalue weighted by Crippen LogP contribution is -2.62. The molecule has 20 nitrogen and oxygen atoms in total. The normalized spacial score (nSPS) is 23.3. The van der Waals surface area contributed by atoms with Crippen LogP contribution >= 0.6 is 0 Å². The van der Waals surface area contributed by atoms with Crippen molar-refractivity contribution in [2.75, 3.05) is 13.1 Å². The van der Waals surface area contributed by atoms with Crippen LogP contribution in [-0.2, 0) is 74.2 Å². The molecule has 1 saturated carbocycles. The van der Waals surface area contributed by atoms with Crippen LogP contribution in [-0.4, -0.2) is 109 Å². The van der Waals surface area contributed by atoms with Crippen molar-refractivity contribution >= 4 is 70.1 Å². The fourth-order valence-corrected chi connectivity index (χ4v) is 10.6. The van der Waals surface area contributed by atoms with Crippen LogP contribution in [0.5, 0.6) is 0 Å². The molecule has 3 aliphatic heterocycles. The number of carbonyl (C=O) groups is 8. The van der Waals surface area contributed by atoms with Gasteiger partial charge < -0.3 is 36.2 Å². The lowest BCUT2D eigenvalue weighted by molar-refractivity contribution is -0.146. The third-order valence-electron chi connectivity index (χ3n) is 14.0. The Labute approximate surface area is 409 Å². The summed E-state index contributed by atoms with van der Waals surface area (Å²) >= 11 is 0.343. The van der Waals surface area contributed by atoms with E-state index in [0.29, 0.717) is 51.9 Å². The summed E-state index contributed by atoms with van der Waals surface area (Å²) in [5.74, 6) is -2.90. The molecule has 4 fully saturated rings. The number of benzene rings is 2. The molecule has 2 aromatic carbocycles. The Balaban J connectivity index is 0.980. The van der Waals surface area contributed by atoms with Gasteiger partial charge in [0.25, 0.3) is 4.90 Å². The molecule has 1 aliphatic carbocycles. The summed E-state index contributed by atoms with van der Waals surface area (Å²) < 4.78 is 19.7. The highest BCUT2D eigenvalue weighted by molar-refractivity contribution is 7.65. The number of alkyl carbamates (subject to hydrolysis) is 1. The molecule has 8 amide bonds. The van der Waals surface area contributed by atoms with Crippen molar-refractivity contribution in [3.63, 3.8) is 0 Å². The molecule has 70 heavy (non-hydrogen) atoms. The second-order valence-corrected chi connectivity index (χ2v) is 20.8. The van der Waals surface area contributed by atoms with Gasteiger partial charge >= 0.3 is 23.4 Å². The van der Waals surface area contributed by atoms with E-state index >= 15 is 0 Å². The van der Waals surface area contributed by atoms with Gasteiger partial charge in [0.1, 0.15) is 29.8 Å². The molecular weight excluding hydrogens is 923 g/mol. The van der Waals surface area contributed by atoms with Gasteiger partial charge in [-0.1, -0.05) is 18.2 Å². The fraction of sp³-hybridized carbons (Fsp3) is 0.571. The van der Waals surface area contributed by atoms with Crippen LogP contribution in [0.2, 0.25) is 0 Å². The van der Waals surface area contributed by atoms with Gasteiger partial charge in [0.2, 0.25) is 41.4 Å². The van der Waals surface area contributed by atoms with Crippen LogP contribution in [0.15, 0.2) is 52.2 Å². The Hall–Kier alpha value is -6.51. The van der Waals surface area contributed by atoms with E-state index < -0.39 is 71.4 Å². The smallest absolute Gasteiger partial charge is 0.444 e. The van der Waals surface area contributed by atoms with E-state index in [2.05, 4.69) is 21.3 Å². The van der Waals surface area contributed by atoms with Crippen LogP contribution in [0.3, 0.4) is 0 Å². The van der Waals surface area contributed by atoms with E-state index in [0.717, 1.165) is 37.7 Å². The summed E-state index contributed by atoms with van der Waals surface area (Å²) in [5.41, 5.74) is 7.31. The maximum absolute atomic E-state index is 14.6. The van der Waals surface area contributed by atoms with Crippen LogP contribution in [0.1, 0.15) is 115 Å². The maximum atomic E-state index is 14.6. The lowest BCUT2D eigenvalue weighted by Gasteiger charge is -2.39. The van der Waals surface area contributed by atoms with E-state index in [1.54, 1.807) is 57.0 Å². The Kier molecular flexibility index (Phi) is 16.2. The van der Waals surface area contributed by atoms with Crippen LogP contribution in [0.25, 0.3) is 11.0 Å². The Bertz CT molecular complexity index is 2580. The topological polar surface area (TPSA) is 270 Å². The van der Waals surface area contributed by atoms with E-state index in [4.69, 9.17) is 10.5 Å². The molecule has 376 valence electrons. The summed E-state index contributed by atoms with van der Waals surface area (Å²) in [4.78, 5) is 123. The molecule has 0 bridgehead atoms. The summed E-state index contributed by atoms with van der Waals surface area (Å²) in [6.07, 6.45) is 4.80. The molecule has 0 radical (unpaired) electrons. The number of imide groups is 1. The first-order valence-corrected chi connectivity index (χ1v) is 24.9. The highest BCUT2D eigenvalue weighted by atomic mass is 32.1. The molecule has 6 N–H and O–H groups in total. The molecule has 5 atom stereocenters. The number of rotatable bonds is 15. The standard InChI is InChI=1S/C49H63N9O11S/c1-49(2,3)69-47(66)53-35-27-56(22-21-32-12-17-37(57(32)46(35)65)44(63)52-34(15-19-40(50)59)43(62)51-26-30-9-13-33(70-68)14-10-30)42(61)25-29-7-5-28(6-8-29)23-31-11-16-36-39(24-31)55(4)48(67)58(36)38-18-20-41(60)54-45(38)64/h9-11,13-14,16,24,28-29,32,34-35,37-38H,5-8,12,15,17-23,25-27H2,1-4H3,(H5-,50,51,52,53,54,59,60,62,63,64,66)/p+1/t28-,29-,32-,34+,35+,37+,38?/m1/s1. The van der Waals surface area contributed by atoms with Gasteiger partial charge in [0, 0.05) is 61.8 Å². The zero-order chi connectivity index (χ0) is 50.4. The number of ether oxygens (including phenoxy) is 1. The average Bonchev–Trinajstić information content (AvgIpc) is 3.84. The van der Waals surface area contributed by atoms with Gasteiger partial charge in [0.15, 0.2) is 0 Å². The second kappa shape index (κ2) is 22.1. The third-order valence-corrected chi connectivity index (χ3v) is 14.4. The second-order valence-electron chi connectivity index (χ2n) is 20.1. The molecule has 3 saturated heterocycles. The zero-order valence-corrected chi connectivity index (χ0v) is 41.0. The Morgan fingerprint density at radius 2 is 1.59 bits per heavy atom. The van der Waals surface area contributed by atoms with Crippen molar-refractivity contribution in [3.05, 3.63) is 64.1 Å². The molecule has 4 heterocycles. The molecule has 4 aliphatic rings. The highest BCUT2D eigenvalue weighted by Crippen LogP contribution is 2.35. The first-order valence-electron chi connectivity index (χ1n) is 24.2. The van der Waals surface area contributed by atoms with E-state index in [-0.39, 0.29) is 81.6 Å². The SMILES string of the molecule is Cn1c(=O)n(C2CCC(=O)NC2=O)c2ccc(C[C@H]3CC[C@H](CC(=O)N4CC[C@H]5CC[C@@H](C(=O)N[C@@H](CCC(N)=O)C(=O)NCc6ccc([S+]=O)cc6)N5C(=O)[C@@H](NC(=O)OC(C)(C)C)C4)CC3)cc21. The quantitative estimate of drug-likeness (QED) is 0.109. The number of nitrogens with one attached hydrogen (secondary N) is 4. The van der Waals surface area contributed by atoms with Crippen LogP contribution in [0.4, 0.5) is 4.79 Å². The Morgan fingerprint density at radius 3 is 2.26 bits per heavy atom. The van der Waals surface area contributed by atoms with Crippen LogP contribution < -0.4 is 32.7 Å². The largest absolute Gasteiger partial charge is 0.505 e. The molecule has 0 spiro atoms. The number of carbonyl (C=O) groups excluding carboxylic acids is 8. The van der Waals surface area contributed by atoms with Gasteiger partial charge in [-0.3, -0.25) is 48.0 Å². The maximum Gasteiger partial charge on any atom is 0.505 e. The molecular formula is C49H64N9O11S+. The average molecular weight is 987 g/mol. The number of aryl methyl sites for hydroxylation is 1. The highest BCUT2D eigenvalue weighted by Gasteiger charge is 2.46. The first-order chi connectivity index (χ1) is 33.3. The van der Waals surface area contributed by atoms with E-state index in [9.17, 15) is 47.4 Å². The number of piperidine rings is 1. The minimum absolute atomic E-state index is 0.0887. The number of aromatic nitrogens is 2. The van der Waals surface area contributed by atoms with Gasteiger partial charge in [-0.15, -0.1) is 0 Å². The minimum atomic E-state index is -1.25. The Morgan fingerprint density at radius 1 is 0.886 bits per heavy atom. The summed E-state index contributed by atoms with van der Waals surface area (Å²) in [5, 5.41) is 10.6. The number of nitrogens with zero attached hydrogens (tertiary/aromatic N) is 4. The molecule has 1 unspecified atom stereocenters. The number of primary amides is 1. The number of imidazole rings is 1.